The molecule has 1 aromatic carbocycles. The maximum atomic E-state index is 13.0. The Morgan fingerprint density at radius 3 is 2.36 bits per heavy atom. The van der Waals surface area contributed by atoms with E-state index in [0.717, 1.165) is 13.0 Å². The number of carbonyl (C=O) groups excluding carboxylic acids is 2. The summed E-state index contributed by atoms with van der Waals surface area (Å²) in [5.41, 5.74) is 0.499. The fourth-order valence-electron chi connectivity index (χ4n) is 3.21. The molecule has 0 aromatic heterocycles. The van der Waals surface area contributed by atoms with E-state index in [1.54, 1.807) is 4.90 Å². The molecule has 2 amide bonds. The Morgan fingerprint density at radius 2 is 1.64 bits per heavy atom. The van der Waals surface area contributed by atoms with Crippen LogP contribution in [0.1, 0.15) is 16.8 Å². The number of ether oxygens (including phenoxy) is 1. The Labute approximate surface area is 147 Å². The average molecular weight is 349 g/mol. The SMILES string of the molecule is O=C(CN1CCCN(C(=O)c2ccc(F)cc2)CC1)N1CCOCC1. The van der Waals surface area contributed by atoms with Gasteiger partial charge in [-0.3, -0.25) is 14.5 Å². The Balaban J connectivity index is 1.52. The first-order valence-electron chi connectivity index (χ1n) is 8.76. The highest BCUT2D eigenvalue weighted by Crippen LogP contribution is 2.11. The summed E-state index contributed by atoms with van der Waals surface area (Å²) < 4.78 is 18.3. The van der Waals surface area contributed by atoms with Crippen LogP contribution in [0.15, 0.2) is 24.3 Å². The van der Waals surface area contributed by atoms with Crippen LogP contribution in [0.2, 0.25) is 0 Å². The third-order valence-corrected chi connectivity index (χ3v) is 4.69. The molecule has 3 rings (SSSR count). The molecule has 25 heavy (non-hydrogen) atoms. The summed E-state index contributed by atoms with van der Waals surface area (Å²) in [4.78, 5) is 30.6. The Bertz CT molecular complexity index is 602. The lowest BCUT2D eigenvalue weighted by molar-refractivity contribution is -0.136. The van der Waals surface area contributed by atoms with E-state index in [0.29, 0.717) is 58.0 Å². The van der Waals surface area contributed by atoms with Gasteiger partial charge in [0.1, 0.15) is 5.82 Å². The minimum atomic E-state index is -0.347. The number of halogens is 1. The van der Waals surface area contributed by atoms with E-state index in [4.69, 9.17) is 4.74 Å². The molecular weight excluding hydrogens is 325 g/mol. The molecule has 2 aliphatic heterocycles. The van der Waals surface area contributed by atoms with Gasteiger partial charge in [-0.2, -0.15) is 0 Å². The molecule has 0 aliphatic carbocycles. The van der Waals surface area contributed by atoms with E-state index in [1.807, 2.05) is 4.90 Å². The van der Waals surface area contributed by atoms with Crippen molar-refractivity contribution in [1.82, 2.24) is 14.7 Å². The third-order valence-electron chi connectivity index (χ3n) is 4.69. The van der Waals surface area contributed by atoms with Gasteiger partial charge in [0.05, 0.1) is 19.8 Å². The molecule has 0 unspecified atom stereocenters. The summed E-state index contributed by atoms with van der Waals surface area (Å²) in [5, 5.41) is 0. The zero-order valence-corrected chi connectivity index (χ0v) is 14.3. The summed E-state index contributed by atoms with van der Waals surface area (Å²) in [7, 11) is 0. The molecule has 7 heteroatoms. The molecule has 0 N–H and O–H groups in total. The smallest absolute Gasteiger partial charge is 0.253 e. The zero-order valence-electron chi connectivity index (χ0n) is 14.3. The molecule has 0 radical (unpaired) electrons. The van der Waals surface area contributed by atoms with Gasteiger partial charge in [0.15, 0.2) is 0 Å². The van der Waals surface area contributed by atoms with Crippen molar-refractivity contribution in [1.29, 1.82) is 0 Å². The number of nitrogens with zero attached hydrogens (tertiary/aromatic N) is 3. The van der Waals surface area contributed by atoms with E-state index >= 15 is 0 Å². The maximum absolute atomic E-state index is 13.0. The molecule has 2 fully saturated rings. The van der Waals surface area contributed by atoms with Gasteiger partial charge >= 0.3 is 0 Å². The maximum Gasteiger partial charge on any atom is 0.253 e. The predicted molar refractivity (Wildman–Crippen MR) is 90.8 cm³/mol. The van der Waals surface area contributed by atoms with Crippen molar-refractivity contribution in [3.63, 3.8) is 0 Å². The van der Waals surface area contributed by atoms with E-state index < -0.39 is 0 Å². The van der Waals surface area contributed by atoms with Gasteiger partial charge in [-0.1, -0.05) is 0 Å². The van der Waals surface area contributed by atoms with Gasteiger partial charge in [0, 0.05) is 44.8 Å². The summed E-state index contributed by atoms with van der Waals surface area (Å²) in [6.07, 6.45) is 0.823. The van der Waals surface area contributed by atoms with E-state index in [1.165, 1.54) is 24.3 Å². The molecule has 2 saturated heterocycles. The first kappa shape index (κ1) is 17.8. The summed E-state index contributed by atoms with van der Waals surface area (Å²) in [6.45, 7) is 5.59. The lowest BCUT2D eigenvalue weighted by Gasteiger charge is -2.29. The van der Waals surface area contributed by atoms with Crippen LogP contribution in [0.4, 0.5) is 4.39 Å². The van der Waals surface area contributed by atoms with Gasteiger partial charge < -0.3 is 14.5 Å². The Kier molecular flexibility index (Phi) is 5.99. The van der Waals surface area contributed by atoms with Crippen molar-refractivity contribution >= 4 is 11.8 Å². The summed E-state index contributed by atoms with van der Waals surface area (Å²) >= 11 is 0. The molecular formula is C18H24FN3O3. The van der Waals surface area contributed by atoms with Crippen LogP contribution >= 0.6 is 0 Å². The monoisotopic (exact) mass is 349 g/mol. The van der Waals surface area contributed by atoms with Gasteiger partial charge in [-0.25, -0.2) is 4.39 Å². The normalized spacial score (nSPS) is 19.6. The molecule has 0 atom stereocenters. The van der Waals surface area contributed by atoms with Crippen LogP contribution < -0.4 is 0 Å². The highest BCUT2D eigenvalue weighted by molar-refractivity contribution is 5.94. The third kappa shape index (κ3) is 4.76. The quantitative estimate of drug-likeness (QED) is 0.811. The first-order chi connectivity index (χ1) is 12.1. The summed E-state index contributed by atoms with van der Waals surface area (Å²) in [5.74, 6) is -0.303. The van der Waals surface area contributed by atoms with Crippen molar-refractivity contribution in [3.05, 3.63) is 35.6 Å². The molecule has 0 bridgehead atoms. The molecule has 2 aliphatic rings. The van der Waals surface area contributed by atoms with Gasteiger partial charge in [-0.05, 0) is 30.7 Å². The fraction of sp³-hybridized carbons (Fsp3) is 0.556. The number of hydrogen-bond donors (Lipinski definition) is 0. The molecule has 1 aromatic rings. The lowest BCUT2D eigenvalue weighted by atomic mass is 10.2. The molecule has 0 spiro atoms. The highest BCUT2D eigenvalue weighted by atomic mass is 19.1. The van der Waals surface area contributed by atoms with Crippen LogP contribution in [0.3, 0.4) is 0 Å². The number of rotatable bonds is 3. The van der Waals surface area contributed by atoms with E-state index in [9.17, 15) is 14.0 Å². The Morgan fingerprint density at radius 1 is 0.920 bits per heavy atom. The fourth-order valence-corrected chi connectivity index (χ4v) is 3.21. The van der Waals surface area contributed by atoms with Crippen LogP contribution in [-0.2, 0) is 9.53 Å². The number of carbonyl (C=O) groups is 2. The second kappa shape index (κ2) is 8.40. The van der Waals surface area contributed by atoms with Gasteiger partial charge in [0.2, 0.25) is 5.91 Å². The minimum absolute atomic E-state index is 0.0821. The molecule has 2 heterocycles. The van der Waals surface area contributed by atoms with Crippen molar-refractivity contribution in [2.75, 3.05) is 59.0 Å². The second-order valence-electron chi connectivity index (χ2n) is 6.42. The van der Waals surface area contributed by atoms with Crippen molar-refractivity contribution in [3.8, 4) is 0 Å². The number of morpholine rings is 1. The van der Waals surface area contributed by atoms with Crippen LogP contribution in [-0.4, -0.2) is 85.5 Å². The molecule has 0 saturated carbocycles. The summed E-state index contributed by atoms with van der Waals surface area (Å²) in [6, 6.07) is 5.64. The largest absolute Gasteiger partial charge is 0.378 e. The van der Waals surface area contributed by atoms with E-state index in [-0.39, 0.29) is 17.6 Å². The number of amides is 2. The van der Waals surface area contributed by atoms with Crippen LogP contribution in [0.25, 0.3) is 0 Å². The van der Waals surface area contributed by atoms with Crippen molar-refractivity contribution < 1.29 is 18.7 Å². The number of hydrogen-bond acceptors (Lipinski definition) is 4. The van der Waals surface area contributed by atoms with Gasteiger partial charge in [-0.15, -0.1) is 0 Å². The zero-order chi connectivity index (χ0) is 17.6. The minimum Gasteiger partial charge on any atom is -0.378 e. The van der Waals surface area contributed by atoms with E-state index in [2.05, 4.69) is 4.90 Å². The standard InChI is InChI=1S/C18H24FN3O3/c19-16-4-2-15(3-5-16)18(24)22-7-1-6-20(8-9-22)14-17(23)21-10-12-25-13-11-21/h2-5H,1,6-14H2. The second-order valence-corrected chi connectivity index (χ2v) is 6.42. The molecule has 6 nitrogen and oxygen atoms in total. The van der Waals surface area contributed by atoms with Crippen molar-refractivity contribution in [2.24, 2.45) is 0 Å². The average Bonchev–Trinajstić information content (AvgIpc) is 2.88. The lowest BCUT2D eigenvalue weighted by Crippen LogP contribution is -2.46. The number of benzene rings is 1. The van der Waals surface area contributed by atoms with Gasteiger partial charge in [0.25, 0.3) is 5.91 Å². The Hall–Kier alpha value is -1.99. The predicted octanol–water partition coefficient (Wildman–Crippen LogP) is 0.832. The van der Waals surface area contributed by atoms with Crippen LogP contribution in [0.5, 0.6) is 0 Å². The molecule has 136 valence electrons. The topological polar surface area (TPSA) is 53.1 Å². The van der Waals surface area contributed by atoms with Crippen LogP contribution in [0, 0.1) is 5.82 Å². The highest BCUT2D eigenvalue weighted by Gasteiger charge is 2.23. The van der Waals surface area contributed by atoms with Crippen molar-refractivity contribution in [2.45, 2.75) is 6.42 Å². The first-order valence-corrected chi connectivity index (χ1v) is 8.76.